The van der Waals surface area contributed by atoms with Crippen LogP contribution in [0.5, 0.6) is 5.88 Å². The Balaban J connectivity index is 2.85. The van der Waals surface area contributed by atoms with Crippen LogP contribution in [-0.4, -0.2) is 27.7 Å². The topological polar surface area (TPSA) is 64.4 Å². The number of hydrogen-bond acceptors (Lipinski definition) is 3. The molecular weight excluding hydrogens is 196 g/mol. The molecule has 2 heterocycles. The van der Waals surface area contributed by atoms with E-state index in [-0.39, 0.29) is 11.4 Å². The molecule has 2 aromatic heterocycles. The molecule has 0 atom stereocenters. The highest BCUT2D eigenvalue weighted by atomic mass is 16.5. The molecule has 0 saturated heterocycles. The molecule has 15 heavy (non-hydrogen) atoms. The Morgan fingerprint density at radius 1 is 1.60 bits per heavy atom. The van der Waals surface area contributed by atoms with Crippen LogP contribution in [0.25, 0.3) is 10.9 Å². The Kier molecular flexibility index (Phi) is 2.07. The third-order valence-corrected chi connectivity index (χ3v) is 2.32. The predicted octanol–water partition coefficient (Wildman–Crippen LogP) is 1.28. The molecule has 0 amide bonds. The average molecular weight is 206 g/mol. The van der Waals surface area contributed by atoms with Gasteiger partial charge in [0.05, 0.1) is 18.8 Å². The van der Waals surface area contributed by atoms with Crippen molar-refractivity contribution in [3.63, 3.8) is 0 Å². The maximum Gasteiger partial charge on any atom is 0.341 e. The minimum absolute atomic E-state index is 0.107. The summed E-state index contributed by atoms with van der Waals surface area (Å²) in [6.07, 6.45) is 3.39. The van der Waals surface area contributed by atoms with Gasteiger partial charge in [-0.3, -0.25) is 0 Å². The Hall–Kier alpha value is -2.04. The number of carboxylic acid groups (broad SMARTS) is 1. The third-order valence-electron chi connectivity index (χ3n) is 2.32. The van der Waals surface area contributed by atoms with E-state index in [1.165, 1.54) is 7.11 Å². The van der Waals surface area contributed by atoms with Crippen LogP contribution in [-0.2, 0) is 7.05 Å². The Morgan fingerprint density at radius 3 is 2.93 bits per heavy atom. The zero-order valence-corrected chi connectivity index (χ0v) is 8.39. The molecule has 78 valence electrons. The van der Waals surface area contributed by atoms with Crippen molar-refractivity contribution >= 4 is 16.9 Å². The van der Waals surface area contributed by atoms with Crippen molar-refractivity contribution in [3.8, 4) is 5.88 Å². The second-order valence-electron chi connectivity index (χ2n) is 3.17. The first kappa shape index (κ1) is 9.51. The van der Waals surface area contributed by atoms with E-state index in [1.807, 2.05) is 11.6 Å². The van der Waals surface area contributed by atoms with Crippen molar-refractivity contribution in [2.45, 2.75) is 0 Å². The number of aryl methyl sites for hydroxylation is 1. The number of nitrogens with zero attached hydrogens (tertiary/aromatic N) is 2. The molecule has 0 fully saturated rings. The molecule has 0 radical (unpaired) electrons. The minimum Gasteiger partial charge on any atom is -0.480 e. The second kappa shape index (κ2) is 3.27. The monoisotopic (exact) mass is 206 g/mol. The molecule has 1 N–H and O–H groups in total. The molecule has 5 heteroatoms. The number of aromatic nitrogens is 2. The zero-order chi connectivity index (χ0) is 11.0. The summed E-state index contributed by atoms with van der Waals surface area (Å²) >= 11 is 0. The van der Waals surface area contributed by atoms with Crippen LogP contribution >= 0.6 is 0 Å². The van der Waals surface area contributed by atoms with Crippen molar-refractivity contribution in [2.24, 2.45) is 7.05 Å². The number of carbonyl (C=O) groups is 1. The summed E-state index contributed by atoms with van der Waals surface area (Å²) in [6.45, 7) is 0. The molecule has 0 saturated carbocycles. The van der Waals surface area contributed by atoms with Crippen LogP contribution in [0.4, 0.5) is 0 Å². The lowest BCUT2D eigenvalue weighted by atomic mass is 10.2. The van der Waals surface area contributed by atoms with Gasteiger partial charge in [0.15, 0.2) is 0 Å². The summed E-state index contributed by atoms with van der Waals surface area (Å²) in [7, 11) is 3.24. The Labute approximate surface area is 85.9 Å². The number of ether oxygens (including phenoxy) is 1. The summed E-state index contributed by atoms with van der Waals surface area (Å²) in [6, 6.07) is 1.74. The maximum absolute atomic E-state index is 11.1. The number of aromatic carboxylic acids is 1. The van der Waals surface area contributed by atoms with E-state index in [1.54, 1.807) is 18.5 Å². The Morgan fingerprint density at radius 2 is 2.33 bits per heavy atom. The molecular formula is C10H10N2O3. The van der Waals surface area contributed by atoms with E-state index in [2.05, 4.69) is 4.98 Å². The predicted molar refractivity (Wildman–Crippen MR) is 54.2 cm³/mol. The first-order chi connectivity index (χ1) is 7.15. The van der Waals surface area contributed by atoms with Gasteiger partial charge in [0.1, 0.15) is 5.56 Å². The molecule has 5 nitrogen and oxygen atoms in total. The summed E-state index contributed by atoms with van der Waals surface area (Å²) < 4.78 is 6.74. The highest BCUT2D eigenvalue weighted by molar-refractivity contribution is 6.04. The van der Waals surface area contributed by atoms with Gasteiger partial charge in [0, 0.05) is 18.6 Å². The van der Waals surface area contributed by atoms with Gasteiger partial charge in [-0.05, 0) is 6.07 Å². The lowest BCUT2D eigenvalue weighted by molar-refractivity contribution is 0.0695. The van der Waals surface area contributed by atoms with Gasteiger partial charge in [-0.15, -0.1) is 0 Å². The summed E-state index contributed by atoms with van der Waals surface area (Å²) in [4.78, 5) is 15.0. The quantitative estimate of drug-likeness (QED) is 0.803. The molecule has 0 aromatic carbocycles. The highest BCUT2D eigenvalue weighted by Gasteiger charge is 2.17. The summed E-state index contributed by atoms with van der Waals surface area (Å²) in [5.74, 6) is -0.891. The highest BCUT2D eigenvalue weighted by Crippen LogP contribution is 2.25. The van der Waals surface area contributed by atoms with Gasteiger partial charge in [0.2, 0.25) is 5.88 Å². The van der Waals surface area contributed by atoms with Crippen LogP contribution in [0.3, 0.4) is 0 Å². The minimum atomic E-state index is -1.03. The van der Waals surface area contributed by atoms with Crippen LogP contribution in [0, 0.1) is 0 Å². The molecule has 0 bridgehead atoms. The molecule has 0 aliphatic heterocycles. The van der Waals surface area contributed by atoms with Crippen molar-refractivity contribution in [1.82, 2.24) is 9.55 Å². The van der Waals surface area contributed by atoms with E-state index >= 15 is 0 Å². The fourth-order valence-corrected chi connectivity index (χ4v) is 1.58. The first-order valence-corrected chi connectivity index (χ1v) is 4.36. The van der Waals surface area contributed by atoms with Gasteiger partial charge in [-0.2, -0.15) is 0 Å². The largest absolute Gasteiger partial charge is 0.480 e. The van der Waals surface area contributed by atoms with Crippen LogP contribution in [0.1, 0.15) is 10.4 Å². The standard InChI is InChI=1S/C10H10N2O3/c1-12-4-3-6-7(12)5-11-9(15-2)8(6)10(13)14/h3-5H,1-2H3,(H,13,14). The van der Waals surface area contributed by atoms with Crippen LogP contribution in [0.2, 0.25) is 0 Å². The summed E-state index contributed by atoms with van der Waals surface area (Å²) in [5, 5.41) is 9.71. The Bertz CT molecular complexity index is 531. The second-order valence-corrected chi connectivity index (χ2v) is 3.17. The fraction of sp³-hybridized carbons (Fsp3) is 0.200. The van der Waals surface area contributed by atoms with Gasteiger partial charge in [0.25, 0.3) is 0 Å². The molecule has 0 aliphatic rings. The molecule has 2 rings (SSSR count). The fourth-order valence-electron chi connectivity index (χ4n) is 1.58. The maximum atomic E-state index is 11.1. The lowest BCUT2D eigenvalue weighted by Crippen LogP contribution is -2.03. The third kappa shape index (κ3) is 1.32. The van der Waals surface area contributed by atoms with Gasteiger partial charge < -0.3 is 14.4 Å². The van der Waals surface area contributed by atoms with E-state index < -0.39 is 5.97 Å². The van der Waals surface area contributed by atoms with Crippen LogP contribution in [0.15, 0.2) is 18.5 Å². The molecule has 0 unspecified atom stereocenters. The SMILES string of the molecule is COc1ncc2c(ccn2C)c1C(=O)O. The number of methoxy groups -OCH3 is 1. The van der Waals surface area contributed by atoms with Crippen molar-refractivity contribution < 1.29 is 14.6 Å². The van der Waals surface area contributed by atoms with Gasteiger partial charge >= 0.3 is 5.97 Å². The van der Waals surface area contributed by atoms with Gasteiger partial charge in [-0.1, -0.05) is 0 Å². The van der Waals surface area contributed by atoms with Crippen LogP contribution < -0.4 is 4.74 Å². The van der Waals surface area contributed by atoms with Crippen molar-refractivity contribution in [3.05, 3.63) is 24.0 Å². The van der Waals surface area contributed by atoms with E-state index in [0.717, 1.165) is 5.52 Å². The average Bonchev–Trinajstić information content (AvgIpc) is 2.58. The number of pyridine rings is 1. The lowest BCUT2D eigenvalue weighted by Gasteiger charge is -2.05. The number of rotatable bonds is 2. The smallest absolute Gasteiger partial charge is 0.341 e. The number of fused-ring (bicyclic) bond motifs is 1. The van der Waals surface area contributed by atoms with Crippen molar-refractivity contribution in [2.75, 3.05) is 7.11 Å². The normalized spacial score (nSPS) is 10.5. The number of hydrogen-bond donors (Lipinski definition) is 1. The zero-order valence-electron chi connectivity index (χ0n) is 8.39. The van der Waals surface area contributed by atoms with Crippen molar-refractivity contribution in [1.29, 1.82) is 0 Å². The van der Waals surface area contributed by atoms with Gasteiger partial charge in [-0.25, -0.2) is 9.78 Å². The summed E-state index contributed by atoms with van der Waals surface area (Å²) in [5.41, 5.74) is 0.879. The molecule has 2 aromatic rings. The van der Waals surface area contributed by atoms with E-state index in [4.69, 9.17) is 9.84 Å². The number of carboxylic acids is 1. The first-order valence-electron chi connectivity index (χ1n) is 4.36. The molecule has 0 aliphatic carbocycles. The molecule has 0 spiro atoms. The van der Waals surface area contributed by atoms with E-state index in [0.29, 0.717) is 5.39 Å². The van der Waals surface area contributed by atoms with E-state index in [9.17, 15) is 4.79 Å².